The fourth-order valence-electron chi connectivity index (χ4n) is 2.55. The normalized spacial score (nSPS) is 13.0. The molecule has 104 valence electrons. The summed E-state index contributed by atoms with van der Waals surface area (Å²) in [6.07, 6.45) is 4.38. The highest BCUT2D eigenvalue weighted by molar-refractivity contribution is 5.75. The molecule has 0 fully saturated rings. The van der Waals surface area contributed by atoms with Crippen molar-refractivity contribution >= 4 is 11.0 Å². The Balaban J connectivity index is 2.23. The van der Waals surface area contributed by atoms with Crippen molar-refractivity contribution in [2.45, 2.75) is 52.1 Å². The van der Waals surface area contributed by atoms with Gasteiger partial charge in [0, 0.05) is 19.0 Å². The van der Waals surface area contributed by atoms with E-state index < -0.39 is 0 Å². The first-order valence-electron chi connectivity index (χ1n) is 7.20. The first kappa shape index (κ1) is 14.0. The van der Waals surface area contributed by atoms with Gasteiger partial charge in [-0.2, -0.15) is 0 Å². The molecule has 2 rings (SSSR count). The number of para-hydroxylation sites is 2. The Morgan fingerprint density at radius 1 is 1.32 bits per heavy atom. The van der Waals surface area contributed by atoms with Crippen LogP contribution in [0.1, 0.15) is 38.9 Å². The van der Waals surface area contributed by atoms with Crippen LogP contribution in [0.25, 0.3) is 11.0 Å². The van der Waals surface area contributed by atoms with E-state index in [4.69, 9.17) is 10.8 Å². The average molecular weight is 260 g/mol. The zero-order valence-electron chi connectivity index (χ0n) is 11.9. The van der Waals surface area contributed by atoms with Crippen LogP contribution in [-0.4, -0.2) is 15.6 Å². The Morgan fingerprint density at radius 2 is 2.11 bits per heavy atom. The number of aryl methyl sites for hydroxylation is 1. The molecule has 1 atom stereocenters. The van der Waals surface area contributed by atoms with E-state index in [2.05, 4.69) is 42.0 Å². The zero-order chi connectivity index (χ0) is 13.7. The number of imidazole rings is 1. The van der Waals surface area contributed by atoms with Crippen molar-refractivity contribution in [2.75, 3.05) is 0 Å². The minimum absolute atomic E-state index is 0.307. The molecule has 1 aromatic carbocycles. The topological polar surface area (TPSA) is 55.9 Å². The molecule has 1 unspecified atom stereocenters. The lowest BCUT2D eigenvalue weighted by molar-refractivity contribution is 0.459. The van der Waals surface area contributed by atoms with Crippen LogP contribution in [0.2, 0.25) is 0 Å². The molecule has 0 radical (unpaired) electrons. The highest BCUT2D eigenvalue weighted by atomic mass is 15.2. The molecule has 2 aromatic rings. The second-order valence-electron chi connectivity index (χ2n) is 4.97. The third kappa shape index (κ3) is 3.14. The van der Waals surface area contributed by atoms with E-state index in [1.165, 1.54) is 18.4 Å². The lowest BCUT2D eigenvalue weighted by Crippen LogP contribution is -2.37. The summed E-state index contributed by atoms with van der Waals surface area (Å²) in [5, 5.41) is 0. The fourth-order valence-corrected chi connectivity index (χ4v) is 2.55. The number of hydrazine groups is 1. The molecule has 0 bridgehead atoms. The molecule has 0 saturated heterocycles. The van der Waals surface area contributed by atoms with Crippen LogP contribution in [-0.2, 0) is 13.0 Å². The summed E-state index contributed by atoms with van der Waals surface area (Å²) < 4.78 is 2.28. The number of hydrogen-bond donors (Lipinski definition) is 2. The van der Waals surface area contributed by atoms with Crippen LogP contribution in [0.4, 0.5) is 0 Å². The van der Waals surface area contributed by atoms with Gasteiger partial charge in [-0.05, 0) is 25.5 Å². The van der Waals surface area contributed by atoms with E-state index in [1.807, 2.05) is 6.07 Å². The van der Waals surface area contributed by atoms with Gasteiger partial charge in [0.15, 0.2) is 0 Å². The fraction of sp³-hybridized carbons (Fsp3) is 0.533. The molecular formula is C15H24N4. The molecule has 0 aliphatic heterocycles. The van der Waals surface area contributed by atoms with E-state index in [9.17, 15) is 0 Å². The summed E-state index contributed by atoms with van der Waals surface area (Å²) >= 11 is 0. The van der Waals surface area contributed by atoms with Gasteiger partial charge in [0.1, 0.15) is 5.82 Å². The van der Waals surface area contributed by atoms with Crippen molar-refractivity contribution in [1.82, 2.24) is 15.0 Å². The van der Waals surface area contributed by atoms with Crippen molar-refractivity contribution in [1.29, 1.82) is 0 Å². The third-order valence-corrected chi connectivity index (χ3v) is 3.62. The number of aromatic nitrogens is 2. The first-order chi connectivity index (χ1) is 9.30. The number of benzene rings is 1. The monoisotopic (exact) mass is 260 g/mol. The number of fused-ring (bicyclic) bond motifs is 1. The van der Waals surface area contributed by atoms with Crippen LogP contribution < -0.4 is 11.3 Å². The Hall–Kier alpha value is -1.39. The van der Waals surface area contributed by atoms with E-state index in [0.717, 1.165) is 30.7 Å². The molecular weight excluding hydrogens is 236 g/mol. The maximum absolute atomic E-state index is 5.66. The molecule has 4 nitrogen and oxygen atoms in total. The standard InChI is InChI=1S/C15H24N4/c1-3-5-8-12(18-16)11-15-17-13-9-6-7-10-14(13)19(15)4-2/h6-7,9-10,12,18H,3-5,8,11,16H2,1-2H3. The second kappa shape index (κ2) is 6.68. The number of hydrogen-bond acceptors (Lipinski definition) is 3. The van der Waals surface area contributed by atoms with Crippen molar-refractivity contribution < 1.29 is 0 Å². The summed E-state index contributed by atoms with van der Waals surface area (Å²) in [6, 6.07) is 8.61. The lowest BCUT2D eigenvalue weighted by atomic mass is 10.1. The van der Waals surface area contributed by atoms with Gasteiger partial charge in [-0.1, -0.05) is 31.9 Å². The first-order valence-corrected chi connectivity index (χ1v) is 7.20. The summed E-state index contributed by atoms with van der Waals surface area (Å²) in [6.45, 7) is 5.31. The molecule has 0 saturated carbocycles. The molecule has 19 heavy (non-hydrogen) atoms. The number of unbranched alkanes of at least 4 members (excludes halogenated alkanes) is 1. The molecule has 0 aliphatic carbocycles. The molecule has 3 N–H and O–H groups in total. The Morgan fingerprint density at radius 3 is 2.79 bits per heavy atom. The smallest absolute Gasteiger partial charge is 0.111 e. The number of nitrogens with one attached hydrogen (secondary N) is 1. The molecule has 0 amide bonds. The summed E-state index contributed by atoms with van der Waals surface area (Å²) in [4.78, 5) is 4.75. The van der Waals surface area contributed by atoms with Gasteiger partial charge in [0.25, 0.3) is 0 Å². The van der Waals surface area contributed by atoms with Gasteiger partial charge in [-0.3, -0.25) is 11.3 Å². The van der Waals surface area contributed by atoms with Crippen molar-refractivity contribution in [2.24, 2.45) is 5.84 Å². The van der Waals surface area contributed by atoms with Crippen LogP contribution in [0.5, 0.6) is 0 Å². The summed E-state index contributed by atoms with van der Waals surface area (Å²) in [5.74, 6) is 6.79. The number of nitrogens with two attached hydrogens (primary N) is 1. The molecule has 1 aromatic heterocycles. The highest BCUT2D eigenvalue weighted by Gasteiger charge is 2.14. The summed E-state index contributed by atoms with van der Waals surface area (Å²) in [5.41, 5.74) is 5.22. The van der Waals surface area contributed by atoms with E-state index in [-0.39, 0.29) is 0 Å². The Kier molecular flexibility index (Phi) is 4.93. The predicted octanol–water partition coefficient (Wildman–Crippen LogP) is 2.62. The lowest BCUT2D eigenvalue weighted by Gasteiger charge is -2.15. The third-order valence-electron chi connectivity index (χ3n) is 3.62. The Bertz CT molecular complexity index is 518. The number of nitrogens with zero attached hydrogens (tertiary/aromatic N) is 2. The quantitative estimate of drug-likeness (QED) is 0.594. The molecule has 0 aliphatic rings. The molecule has 4 heteroatoms. The van der Waals surface area contributed by atoms with Crippen molar-refractivity contribution in [3.05, 3.63) is 30.1 Å². The van der Waals surface area contributed by atoms with Crippen molar-refractivity contribution in [3.8, 4) is 0 Å². The van der Waals surface area contributed by atoms with Crippen LogP contribution in [0.3, 0.4) is 0 Å². The predicted molar refractivity (Wildman–Crippen MR) is 79.7 cm³/mol. The van der Waals surface area contributed by atoms with Gasteiger partial charge in [-0.25, -0.2) is 4.98 Å². The summed E-state index contributed by atoms with van der Waals surface area (Å²) in [7, 11) is 0. The van der Waals surface area contributed by atoms with Gasteiger partial charge in [0.2, 0.25) is 0 Å². The van der Waals surface area contributed by atoms with Gasteiger partial charge >= 0.3 is 0 Å². The highest BCUT2D eigenvalue weighted by Crippen LogP contribution is 2.17. The maximum Gasteiger partial charge on any atom is 0.111 e. The van der Waals surface area contributed by atoms with Gasteiger partial charge < -0.3 is 4.57 Å². The zero-order valence-corrected chi connectivity index (χ0v) is 11.9. The second-order valence-corrected chi connectivity index (χ2v) is 4.97. The van der Waals surface area contributed by atoms with E-state index >= 15 is 0 Å². The molecule has 0 spiro atoms. The van der Waals surface area contributed by atoms with E-state index in [1.54, 1.807) is 0 Å². The van der Waals surface area contributed by atoms with Crippen LogP contribution >= 0.6 is 0 Å². The number of rotatable bonds is 7. The largest absolute Gasteiger partial charge is 0.328 e. The average Bonchev–Trinajstić information content (AvgIpc) is 2.80. The van der Waals surface area contributed by atoms with Crippen LogP contribution in [0.15, 0.2) is 24.3 Å². The van der Waals surface area contributed by atoms with Gasteiger partial charge in [-0.15, -0.1) is 0 Å². The van der Waals surface area contributed by atoms with Crippen molar-refractivity contribution in [3.63, 3.8) is 0 Å². The van der Waals surface area contributed by atoms with E-state index in [0.29, 0.717) is 6.04 Å². The van der Waals surface area contributed by atoms with Gasteiger partial charge in [0.05, 0.1) is 11.0 Å². The SMILES string of the molecule is CCCCC(Cc1nc2ccccc2n1CC)NN. The molecule has 1 heterocycles. The minimum Gasteiger partial charge on any atom is -0.328 e. The minimum atomic E-state index is 0.307. The Labute approximate surface area is 115 Å². The maximum atomic E-state index is 5.66. The van der Waals surface area contributed by atoms with Crippen LogP contribution in [0, 0.1) is 0 Å².